The number of para-hydroxylation sites is 1. The fourth-order valence-electron chi connectivity index (χ4n) is 4.04. The third-order valence-electron chi connectivity index (χ3n) is 6.22. The lowest BCUT2D eigenvalue weighted by molar-refractivity contribution is -0.114. The Morgan fingerprint density at radius 3 is 2.12 bits per heavy atom. The fraction of sp³-hybridized carbons (Fsp3) is 0.138. The molecule has 8 nitrogen and oxygen atoms in total. The fourth-order valence-corrected chi connectivity index (χ4v) is 6.82. The summed E-state index contributed by atoms with van der Waals surface area (Å²) in [5.41, 5.74) is 2.44. The molecule has 4 aromatic rings. The summed E-state index contributed by atoms with van der Waals surface area (Å²) >= 11 is 6.10. The Labute approximate surface area is 239 Å². The molecule has 1 amide bonds. The highest BCUT2D eigenvalue weighted by molar-refractivity contribution is 7.93. The number of anilines is 3. The van der Waals surface area contributed by atoms with E-state index in [4.69, 9.17) is 11.6 Å². The lowest BCUT2D eigenvalue weighted by atomic mass is 10.1. The molecule has 0 aliphatic rings. The zero-order valence-electron chi connectivity index (χ0n) is 21.8. The average molecular weight is 598 g/mol. The van der Waals surface area contributed by atoms with Crippen LogP contribution >= 0.6 is 11.6 Å². The molecule has 40 heavy (non-hydrogen) atoms. The Bertz CT molecular complexity index is 1730. The summed E-state index contributed by atoms with van der Waals surface area (Å²) in [7, 11) is -7.98. The van der Waals surface area contributed by atoms with Gasteiger partial charge in [-0.3, -0.25) is 13.8 Å². The van der Waals surface area contributed by atoms with Crippen LogP contribution in [0, 0.1) is 6.92 Å². The van der Waals surface area contributed by atoms with E-state index in [-0.39, 0.29) is 9.79 Å². The summed E-state index contributed by atoms with van der Waals surface area (Å²) in [6.45, 7) is 3.13. The molecule has 0 unspecified atom stereocenters. The van der Waals surface area contributed by atoms with Gasteiger partial charge in [0.15, 0.2) is 0 Å². The van der Waals surface area contributed by atoms with E-state index in [1.807, 2.05) is 19.1 Å². The molecule has 0 saturated heterocycles. The molecule has 208 valence electrons. The zero-order chi connectivity index (χ0) is 28.9. The van der Waals surface area contributed by atoms with Crippen molar-refractivity contribution < 1.29 is 21.6 Å². The highest BCUT2D eigenvalue weighted by atomic mass is 35.5. The highest BCUT2D eigenvalue weighted by Gasteiger charge is 2.28. The summed E-state index contributed by atoms with van der Waals surface area (Å²) in [6, 6.07) is 25.4. The van der Waals surface area contributed by atoms with Gasteiger partial charge in [-0.2, -0.15) is 0 Å². The first-order valence-electron chi connectivity index (χ1n) is 12.4. The molecule has 0 saturated carbocycles. The number of nitrogens with one attached hydrogen (secondary N) is 2. The van der Waals surface area contributed by atoms with E-state index in [0.717, 1.165) is 9.87 Å². The Morgan fingerprint density at radius 2 is 1.45 bits per heavy atom. The molecule has 0 bridgehead atoms. The predicted molar refractivity (Wildman–Crippen MR) is 159 cm³/mol. The number of carbonyl (C=O) groups excluding carboxylic acids is 1. The van der Waals surface area contributed by atoms with Crippen LogP contribution in [0.4, 0.5) is 17.1 Å². The number of sulfonamides is 2. The van der Waals surface area contributed by atoms with Crippen molar-refractivity contribution in [1.82, 2.24) is 0 Å². The number of hydrogen-bond donors (Lipinski definition) is 2. The van der Waals surface area contributed by atoms with Gasteiger partial charge in [0, 0.05) is 10.7 Å². The average Bonchev–Trinajstić information content (AvgIpc) is 2.95. The molecule has 0 atom stereocenters. The number of hydrogen-bond acceptors (Lipinski definition) is 5. The Balaban J connectivity index is 1.55. The maximum absolute atomic E-state index is 13.6. The lowest BCUT2D eigenvalue weighted by Crippen LogP contribution is -2.38. The second-order valence-electron chi connectivity index (χ2n) is 8.90. The van der Waals surface area contributed by atoms with Crippen LogP contribution in [0.15, 0.2) is 107 Å². The predicted octanol–water partition coefficient (Wildman–Crippen LogP) is 5.85. The first-order chi connectivity index (χ1) is 19.0. The molecule has 4 rings (SSSR count). The van der Waals surface area contributed by atoms with Crippen LogP contribution in [-0.2, 0) is 31.3 Å². The SMILES string of the molecule is CCc1ccccc1N(CC(=O)Nc1ccc(S(=O)(=O)Nc2cccc(Cl)c2C)cc1)S(=O)(=O)c1ccccc1. The van der Waals surface area contributed by atoms with Crippen molar-refractivity contribution in [1.29, 1.82) is 0 Å². The minimum absolute atomic E-state index is 0.0185. The van der Waals surface area contributed by atoms with E-state index in [9.17, 15) is 21.6 Å². The Morgan fingerprint density at radius 1 is 0.800 bits per heavy atom. The molecule has 4 aromatic carbocycles. The monoisotopic (exact) mass is 597 g/mol. The first kappa shape index (κ1) is 29.1. The van der Waals surface area contributed by atoms with Crippen LogP contribution in [0.2, 0.25) is 5.02 Å². The van der Waals surface area contributed by atoms with Gasteiger partial charge in [0.25, 0.3) is 20.0 Å². The Hall–Kier alpha value is -3.86. The van der Waals surface area contributed by atoms with Gasteiger partial charge in [-0.05, 0) is 79.1 Å². The number of nitrogens with zero attached hydrogens (tertiary/aromatic N) is 1. The second-order valence-corrected chi connectivity index (χ2v) is 12.8. The van der Waals surface area contributed by atoms with Crippen molar-refractivity contribution in [3.8, 4) is 0 Å². The molecular weight excluding hydrogens is 570 g/mol. The van der Waals surface area contributed by atoms with Crippen molar-refractivity contribution in [2.45, 2.75) is 30.1 Å². The maximum Gasteiger partial charge on any atom is 0.264 e. The second kappa shape index (κ2) is 12.1. The Kier molecular flexibility index (Phi) is 8.82. The normalized spacial score (nSPS) is 11.6. The summed E-state index contributed by atoms with van der Waals surface area (Å²) in [5.74, 6) is -0.589. The number of benzene rings is 4. The standard InChI is InChI=1S/C29H28ClN3O5S2/c1-3-22-10-7-8-15-28(22)33(40(37,38)25-11-5-4-6-12-25)20-29(34)31-23-16-18-24(19-17-23)39(35,36)32-27-14-9-13-26(30)21(27)2/h4-19,32H,3,20H2,1-2H3,(H,31,34). The van der Waals surface area contributed by atoms with Crippen LogP contribution < -0.4 is 14.3 Å². The van der Waals surface area contributed by atoms with Gasteiger partial charge >= 0.3 is 0 Å². The van der Waals surface area contributed by atoms with Gasteiger partial charge in [0.2, 0.25) is 5.91 Å². The molecule has 0 aromatic heterocycles. The summed E-state index contributed by atoms with van der Waals surface area (Å²) in [4.78, 5) is 13.1. The van der Waals surface area contributed by atoms with Gasteiger partial charge < -0.3 is 5.32 Å². The largest absolute Gasteiger partial charge is 0.325 e. The van der Waals surface area contributed by atoms with E-state index in [1.165, 1.54) is 36.4 Å². The molecule has 0 aliphatic heterocycles. The van der Waals surface area contributed by atoms with Gasteiger partial charge in [0.1, 0.15) is 6.54 Å². The number of halogens is 1. The molecule has 0 aliphatic carbocycles. The van der Waals surface area contributed by atoms with Crippen molar-refractivity contribution >= 4 is 54.6 Å². The van der Waals surface area contributed by atoms with E-state index in [1.54, 1.807) is 55.5 Å². The van der Waals surface area contributed by atoms with Gasteiger partial charge in [0.05, 0.1) is 21.2 Å². The van der Waals surface area contributed by atoms with Crippen LogP contribution in [0.3, 0.4) is 0 Å². The van der Waals surface area contributed by atoms with E-state index < -0.39 is 32.5 Å². The van der Waals surface area contributed by atoms with Crippen molar-refractivity contribution in [3.05, 3.63) is 113 Å². The third-order valence-corrected chi connectivity index (χ3v) is 9.78. The van der Waals surface area contributed by atoms with Crippen LogP contribution in [0.5, 0.6) is 0 Å². The minimum Gasteiger partial charge on any atom is -0.325 e. The molecule has 2 N–H and O–H groups in total. The smallest absolute Gasteiger partial charge is 0.264 e. The highest BCUT2D eigenvalue weighted by Crippen LogP contribution is 2.28. The van der Waals surface area contributed by atoms with Crippen LogP contribution in [0.1, 0.15) is 18.1 Å². The van der Waals surface area contributed by atoms with Crippen molar-refractivity contribution in [2.75, 3.05) is 20.9 Å². The number of rotatable bonds is 10. The van der Waals surface area contributed by atoms with Crippen LogP contribution in [-0.4, -0.2) is 29.3 Å². The quantitative estimate of drug-likeness (QED) is 0.238. The molecule has 0 spiro atoms. The van der Waals surface area contributed by atoms with E-state index in [0.29, 0.717) is 34.1 Å². The summed E-state index contributed by atoms with van der Waals surface area (Å²) in [5, 5.41) is 3.10. The van der Waals surface area contributed by atoms with Crippen LogP contribution in [0.25, 0.3) is 0 Å². The summed E-state index contributed by atoms with van der Waals surface area (Å²) < 4.78 is 56.6. The molecule has 0 radical (unpaired) electrons. The minimum atomic E-state index is -4.06. The number of aryl methyl sites for hydroxylation is 1. The third kappa shape index (κ3) is 6.47. The topological polar surface area (TPSA) is 113 Å². The molecule has 0 fully saturated rings. The lowest BCUT2D eigenvalue weighted by Gasteiger charge is -2.26. The van der Waals surface area contributed by atoms with Crippen molar-refractivity contribution in [3.63, 3.8) is 0 Å². The molecular formula is C29H28ClN3O5S2. The molecule has 0 heterocycles. The van der Waals surface area contributed by atoms with Gasteiger partial charge in [-0.15, -0.1) is 0 Å². The van der Waals surface area contributed by atoms with E-state index in [2.05, 4.69) is 10.0 Å². The number of carbonyl (C=O) groups is 1. The first-order valence-corrected chi connectivity index (χ1v) is 15.7. The summed E-state index contributed by atoms with van der Waals surface area (Å²) in [6.07, 6.45) is 0.567. The zero-order valence-corrected chi connectivity index (χ0v) is 24.2. The maximum atomic E-state index is 13.6. The van der Waals surface area contributed by atoms with Gasteiger partial charge in [-0.1, -0.05) is 61.0 Å². The van der Waals surface area contributed by atoms with Gasteiger partial charge in [-0.25, -0.2) is 16.8 Å². The molecule has 11 heteroatoms. The number of amides is 1. The van der Waals surface area contributed by atoms with E-state index >= 15 is 0 Å². The van der Waals surface area contributed by atoms with Crippen molar-refractivity contribution in [2.24, 2.45) is 0 Å².